The van der Waals surface area contributed by atoms with E-state index in [0.29, 0.717) is 16.4 Å². The van der Waals surface area contributed by atoms with Gasteiger partial charge in [0.25, 0.3) is 0 Å². The van der Waals surface area contributed by atoms with Crippen LogP contribution in [0, 0.1) is 0 Å². The quantitative estimate of drug-likeness (QED) is 0.590. The number of amidine groups is 1. The number of nitrogens with zero attached hydrogens (tertiary/aromatic N) is 2. The molecule has 2 aliphatic rings. The summed E-state index contributed by atoms with van der Waals surface area (Å²) in [5.41, 5.74) is 3.99. The predicted molar refractivity (Wildman–Crippen MR) is 128 cm³/mol. The maximum absolute atomic E-state index is 13.3. The second-order valence-electron chi connectivity index (χ2n) is 9.20. The molecule has 32 heavy (non-hydrogen) atoms. The molecular weight excluding hydrogens is 420 g/mol. The lowest BCUT2D eigenvalue weighted by Gasteiger charge is -2.33. The minimum atomic E-state index is -0.551. The molecule has 2 aromatic carbocycles. The number of amides is 1. The van der Waals surface area contributed by atoms with E-state index in [1.165, 1.54) is 17.3 Å². The van der Waals surface area contributed by atoms with Gasteiger partial charge in [0.15, 0.2) is 5.17 Å². The van der Waals surface area contributed by atoms with Gasteiger partial charge in [-0.3, -0.25) is 9.69 Å². The zero-order valence-corrected chi connectivity index (χ0v) is 19.9. The van der Waals surface area contributed by atoms with Gasteiger partial charge in [0.2, 0.25) is 5.91 Å². The molecule has 1 fully saturated rings. The third-order valence-corrected chi connectivity index (χ3v) is 6.84. The highest BCUT2D eigenvalue weighted by Gasteiger charge is 2.46. The smallest absolute Gasteiger partial charge is 0.338 e. The lowest BCUT2D eigenvalue weighted by Crippen LogP contribution is -2.40. The number of carbonyl (C=O) groups is 2. The fourth-order valence-electron chi connectivity index (χ4n) is 3.95. The van der Waals surface area contributed by atoms with E-state index >= 15 is 0 Å². The van der Waals surface area contributed by atoms with E-state index in [-0.39, 0.29) is 23.2 Å². The number of carbonyl (C=O) groups excluding carboxylic acids is 2. The Morgan fingerprint density at radius 1 is 1.09 bits per heavy atom. The van der Waals surface area contributed by atoms with Crippen molar-refractivity contribution in [1.29, 1.82) is 0 Å². The lowest BCUT2D eigenvalue weighted by atomic mass is 9.85. The third-order valence-electron chi connectivity index (χ3n) is 5.78. The largest absolute Gasteiger partial charge is 0.457 e. The van der Waals surface area contributed by atoms with Crippen LogP contribution in [0.1, 0.15) is 57.4 Å². The van der Waals surface area contributed by atoms with Gasteiger partial charge in [0.05, 0.1) is 22.6 Å². The molecule has 2 aromatic rings. The molecule has 0 bridgehead atoms. The van der Waals surface area contributed by atoms with Gasteiger partial charge >= 0.3 is 5.97 Å². The van der Waals surface area contributed by atoms with Gasteiger partial charge in [-0.25, -0.2) is 9.79 Å². The van der Waals surface area contributed by atoms with E-state index in [1.807, 2.05) is 56.3 Å². The molecule has 0 radical (unpaired) electrons. The van der Waals surface area contributed by atoms with Gasteiger partial charge in [-0.2, -0.15) is 0 Å². The van der Waals surface area contributed by atoms with Crippen molar-refractivity contribution in [2.24, 2.45) is 4.99 Å². The molecule has 0 aromatic heterocycles. The Kier molecular flexibility index (Phi) is 5.99. The monoisotopic (exact) mass is 448 g/mol. The summed E-state index contributed by atoms with van der Waals surface area (Å²) in [6.07, 6.45) is 0. The van der Waals surface area contributed by atoms with Crippen molar-refractivity contribution in [3.63, 3.8) is 0 Å². The number of rotatable bonds is 4. The number of hydrogen-bond donors (Lipinski definition) is 0. The van der Waals surface area contributed by atoms with Crippen LogP contribution in [0.2, 0.25) is 0 Å². The standard InChI is InChI=1S/C26H28N2O3S/c1-16-21(24(30)31-15-18-9-7-6-8-10-18)22(28-23(29)17(2)32-25(28)27-16)19-11-13-20(14-12-19)26(3,4)5/h6-14,17,22H,15H2,1-5H3. The highest BCUT2D eigenvalue weighted by Crippen LogP contribution is 2.43. The molecule has 1 amide bonds. The van der Waals surface area contributed by atoms with Gasteiger partial charge in [-0.15, -0.1) is 0 Å². The highest BCUT2D eigenvalue weighted by molar-refractivity contribution is 8.15. The van der Waals surface area contributed by atoms with E-state index in [2.05, 4.69) is 37.9 Å². The molecule has 0 spiro atoms. The van der Waals surface area contributed by atoms with Gasteiger partial charge in [0, 0.05) is 0 Å². The Balaban J connectivity index is 1.71. The first-order valence-corrected chi connectivity index (χ1v) is 11.7. The molecule has 5 nitrogen and oxygen atoms in total. The van der Waals surface area contributed by atoms with Crippen molar-refractivity contribution in [2.45, 2.75) is 57.9 Å². The Labute approximate surface area is 193 Å². The van der Waals surface area contributed by atoms with Gasteiger partial charge < -0.3 is 4.74 Å². The summed E-state index contributed by atoms with van der Waals surface area (Å²) in [7, 11) is 0. The molecule has 2 heterocycles. The number of allylic oxidation sites excluding steroid dienone is 1. The molecule has 2 atom stereocenters. The van der Waals surface area contributed by atoms with E-state index in [9.17, 15) is 9.59 Å². The molecule has 1 saturated heterocycles. The first kappa shape index (κ1) is 22.3. The zero-order valence-electron chi connectivity index (χ0n) is 19.1. The van der Waals surface area contributed by atoms with Crippen molar-refractivity contribution in [2.75, 3.05) is 0 Å². The van der Waals surface area contributed by atoms with E-state index in [4.69, 9.17) is 4.74 Å². The Bertz CT molecular complexity index is 1100. The molecule has 2 unspecified atom stereocenters. The van der Waals surface area contributed by atoms with Crippen molar-refractivity contribution in [1.82, 2.24) is 4.90 Å². The number of esters is 1. The Morgan fingerprint density at radius 2 is 1.75 bits per heavy atom. The molecule has 2 aliphatic heterocycles. The average molecular weight is 449 g/mol. The minimum Gasteiger partial charge on any atom is -0.457 e. The number of fused-ring (bicyclic) bond motifs is 1. The summed E-state index contributed by atoms with van der Waals surface area (Å²) in [6, 6.07) is 17.2. The summed E-state index contributed by atoms with van der Waals surface area (Å²) in [5, 5.41) is 0.405. The first-order valence-electron chi connectivity index (χ1n) is 10.8. The fraction of sp³-hybridized carbons (Fsp3) is 0.346. The van der Waals surface area contributed by atoms with E-state index < -0.39 is 12.0 Å². The average Bonchev–Trinajstić information content (AvgIpc) is 3.04. The summed E-state index contributed by atoms with van der Waals surface area (Å²) in [4.78, 5) is 32.6. The van der Waals surface area contributed by atoms with Crippen LogP contribution in [-0.4, -0.2) is 27.2 Å². The summed E-state index contributed by atoms with van der Waals surface area (Å²) in [6.45, 7) is 10.3. The fourth-order valence-corrected chi connectivity index (χ4v) is 4.97. The summed E-state index contributed by atoms with van der Waals surface area (Å²) >= 11 is 1.43. The van der Waals surface area contributed by atoms with Crippen LogP contribution in [0.15, 0.2) is 70.9 Å². The molecule has 4 rings (SSSR count). The number of thioether (sulfide) groups is 1. The van der Waals surface area contributed by atoms with Gasteiger partial charge in [-0.1, -0.05) is 87.1 Å². The lowest BCUT2D eigenvalue weighted by molar-refractivity contribution is -0.141. The second kappa shape index (κ2) is 8.58. The van der Waals surface area contributed by atoms with Gasteiger partial charge in [-0.05, 0) is 36.0 Å². The summed E-state index contributed by atoms with van der Waals surface area (Å²) < 4.78 is 5.67. The summed E-state index contributed by atoms with van der Waals surface area (Å²) in [5.74, 6) is -0.490. The van der Waals surface area contributed by atoms with E-state index in [1.54, 1.807) is 4.90 Å². The first-order chi connectivity index (χ1) is 15.2. The maximum Gasteiger partial charge on any atom is 0.338 e. The minimum absolute atomic E-state index is 0.00867. The number of aliphatic imine (C=N–C) groups is 1. The van der Waals surface area contributed by atoms with Crippen LogP contribution in [0.3, 0.4) is 0 Å². The predicted octanol–water partition coefficient (Wildman–Crippen LogP) is 5.38. The van der Waals surface area contributed by atoms with Crippen LogP contribution in [0.5, 0.6) is 0 Å². The topological polar surface area (TPSA) is 59.0 Å². The normalized spacial score (nSPS) is 20.8. The van der Waals surface area contributed by atoms with E-state index in [0.717, 1.165) is 11.1 Å². The second-order valence-corrected chi connectivity index (χ2v) is 10.5. The Morgan fingerprint density at radius 3 is 2.38 bits per heavy atom. The van der Waals surface area contributed by atoms with Crippen molar-refractivity contribution in [3.05, 3.63) is 82.6 Å². The molecule has 6 heteroatoms. The number of ether oxygens (including phenoxy) is 1. The van der Waals surface area contributed by atoms with Crippen LogP contribution < -0.4 is 0 Å². The van der Waals surface area contributed by atoms with Crippen molar-refractivity contribution >= 4 is 28.8 Å². The third kappa shape index (κ3) is 4.24. The van der Waals surface area contributed by atoms with Crippen LogP contribution in [0.25, 0.3) is 0 Å². The maximum atomic E-state index is 13.3. The SMILES string of the molecule is CC1=C(C(=O)OCc2ccccc2)C(c2ccc(C(C)(C)C)cc2)N2C(=O)C(C)SC2=N1. The molecule has 166 valence electrons. The Hall–Kier alpha value is -2.86. The van der Waals surface area contributed by atoms with Crippen molar-refractivity contribution < 1.29 is 14.3 Å². The number of hydrogen-bond acceptors (Lipinski definition) is 5. The number of benzene rings is 2. The molecule has 0 N–H and O–H groups in total. The highest BCUT2D eigenvalue weighted by atomic mass is 32.2. The molecule has 0 saturated carbocycles. The van der Waals surface area contributed by atoms with Crippen molar-refractivity contribution in [3.8, 4) is 0 Å². The van der Waals surface area contributed by atoms with Crippen LogP contribution in [-0.2, 0) is 26.3 Å². The van der Waals surface area contributed by atoms with Crippen LogP contribution >= 0.6 is 11.8 Å². The van der Waals surface area contributed by atoms with Gasteiger partial charge in [0.1, 0.15) is 6.61 Å². The zero-order chi connectivity index (χ0) is 23.0. The van der Waals surface area contributed by atoms with Crippen LogP contribution in [0.4, 0.5) is 0 Å². The molecular formula is C26H28N2O3S. The molecule has 0 aliphatic carbocycles.